The number of unbranched alkanes of at least 4 members (excludes halogenated alkanes) is 1. The van der Waals surface area contributed by atoms with Gasteiger partial charge in [-0.25, -0.2) is 4.98 Å². The normalized spacial score (nSPS) is 15.8. The van der Waals surface area contributed by atoms with Crippen LogP contribution in [0.3, 0.4) is 0 Å². The summed E-state index contributed by atoms with van der Waals surface area (Å²) >= 11 is 1.37. The number of likely N-dealkylation sites (tertiary alicyclic amines) is 1. The molecule has 27 nitrogen and oxygen atoms in total. The van der Waals surface area contributed by atoms with Crippen LogP contribution >= 0.6 is 33.3 Å². The zero-order valence-corrected chi connectivity index (χ0v) is 49.9. The first-order chi connectivity index (χ1) is 39.6. The minimum atomic E-state index is -1.63. The van der Waals surface area contributed by atoms with Crippen LogP contribution < -0.4 is 59.7 Å². The molecule has 1 saturated heterocycles. The highest BCUT2D eigenvalue weighted by molar-refractivity contribution is 8.76. The maximum Gasteiger partial charge on any atom is 0.248 e. The number of thioether (sulfide) groups is 1. The first-order valence-electron chi connectivity index (χ1n) is 27.3. The van der Waals surface area contributed by atoms with Crippen LogP contribution in [0.25, 0.3) is 0 Å². The number of para-hydroxylation sites is 1. The van der Waals surface area contributed by atoms with Crippen molar-refractivity contribution < 1.29 is 63.0 Å². The van der Waals surface area contributed by atoms with E-state index in [4.69, 9.17) is 17.2 Å². The quantitative estimate of drug-likeness (QED) is 0.0253. The van der Waals surface area contributed by atoms with Crippen molar-refractivity contribution in [2.24, 2.45) is 23.1 Å². The highest BCUT2D eigenvalue weighted by atomic mass is 33.1. The predicted octanol–water partition coefficient (Wildman–Crippen LogP) is -2.17. The van der Waals surface area contributed by atoms with Crippen LogP contribution in [0, 0.1) is 5.92 Å². The van der Waals surface area contributed by atoms with E-state index in [1.165, 1.54) is 50.1 Å². The van der Waals surface area contributed by atoms with E-state index in [1.807, 2.05) is 6.07 Å². The summed E-state index contributed by atoms with van der Waals surface area (Å²) in [6, 6.07) is 2.67. The lowest BCUT2D eigenvalue weighted by Crippen LogP contribution is -2.60. The number of anilines is 1. The fourth-order valence-electron chi connectivity index (χ4n) is 8.50. The number of likely N-dealkylation sites (N-methyl/N-ethyl adjacent to an activating group) is 1. The molecule has 83 heavy (non-hydrogen) atoms. The Kier molecular flexibility index (Phi) is 32.0. The van der Waals surface area contributed by atoms with Gasteiger partial charge in [0.25, 0.3) is 0 Å². The molecule has 1 aliphatic rings. The largest absolute Gasteiger partial charge is 0.394 e. The molecule has 1 aliphatic heterocycles. The number of nitrogens with two attached hydrogens (primary N) is 3. The molecule has 1 aromatic carbocycles. The third kappa shape index (κ3) is 23.9. The Morgan fingerprint density at radius 2 is 1.41 bits per heavy atom. The summed E-state index contributed by atoms with van der Waals surface area (Å²) in [5, 5.41) is 40.8. The molecule has 460 valence electrons. The molecule has 3 rings (SSSR count). The first kappa shape index (κ1) is 70.7. The number of hydrogen-bond acceptors (Lipinski definition) is 19. The summed E-state index contributed by atoms with van der Waals surface area (Å²) in [6.07, 6.45) is 4.56. The molecule has 11 amide bonds. The van der Waals surface area contributed by atoms with E-state index >= 15 is 0 Å². The molecular weight excluding hydrogens is 1140 g/mol. The van der Waals surface area contributed by atoms with Crippen LogP contribution in [0.4, 0.5) is 5.69 Å². The van der Waals surface area contributed by atoms with E-state index in [9.17, 15) is 63.0 Å². The van der Waals surface area contributed by atoms with Crippen molar-refractivity contribution in [1.82, 2.24) is 52.0 Å². The third-order valence-corrected chi connectivity index (χ3v) is 16.0. The molecule has 2 aromatic rings. The molecule has 30 heteroatoms. The van der Waals surface area contributed by atoms with Crippen molar-refractivity contribution >= 4 is 104 Å². The number of benzene rings is 1. The van der Waals surface area contributed by atoms with Crippen LogP contribution in [0.2, 0.25) is 0 Å². The monoisotopic (exact) mass is 1220 g/mol. The molecule has 9 atom stereocenters. The Hall–Kier alpha value is -6.57. The molecule has 1 fully saturated rings. The molecule has 0 saturated carbocycles. The second kappa shape index (κ2) is 37.6. The standard InChI is InChI=1S/C53H82N14O13S3/c1-6-66(40(30-82-83-43-19-11-13-24-57-43)50(77)60-33-15-8-7-9-16-33)52(79)32(4)59-48(75)38(29-69)61-42(71)27-58-45(72)36(20-21-41(56)70)64-51(78)44(31(2)3)65-47(74)37(22-26-81-5)62-46(73)35(17-10-12-23-54)63-49(76)39-18-14-25-67(39)53(80)34(55)28-68/h7-9,11,13,15-16,19,24,31-32,34-40,44,68-69H,6,10,12,14,17-18,20-23,25-30,54-55H2,1-5H3,(H2,56,70)(H,58,72)(H,59,75)(H,60,77)(H,61,71)(H,62,73)(H,63,76)(H,64,78)(H,65,74)/t32-,34-,35-,36-,37-,38-,39-,40-,44-/m0/s1. The van der Waals surface area contributed by atoms with E-state index in [0.29, 0.717) is 42.3 Å². The minimum Gasteiger partial charge on any atom is -0.394 e. The van der Waals surface area contributed by atoms with E-state index in [2.05, 4.69) is 47.5 Å². The SMILES string of the molecule is CCN(C(=O)[C@H](C)NC(=O)[C@H](CO)NC(=O)CNC(=O)[C@H](CCC(N)=O)NC(=O)[C@@H](NC(=O)[C@H](CCSC)NC(=O)[C@H](CCCCN)NC(=O)[C@@H]1CCCN1C(=O)[C@@H](N)CO)C(C)C)[C@@H](CSSc1ccccn1)C(=O)Nc1ccccc1. The lowest BCUT2D eigenvalue weighted by atomic mass is 10.0. The minimum absolute atomic E-state index is 0.0604. The molecule has 0 aliphatic carbocycles. The fraction of sp³-hybridized carbons (Fsp3) is 0.585. The number of rotatable bonds is 37. The van der Waals surface area contributed by atoms with E-state index < -0.39 is 151 Å². The molecule has 0 spiro atoms. The van der Waals surface area contributed by atoms with Gasteiger partial charge >= 0.3 is 0 Å². The first-order valence-corrected chi connectivity index (χ1v) is 31.0. The summed E-state index contributed by atoms with van der Waals surface area (Å²) < 4.78 is 0. The second-order valence-corrected chi connectivity index (χ2v) is 23.1. The van der Waals surface area contributed by atoms with Crippen molar-refractivity contribution in [3.63, 3.8) is 0 Å². The Morgan fingerprint density at radius 1 is 0.759 bits per heavy atom. The van der Waals surface area contributed by atoms with E-state index in [1.54, 1.807) is 75.7 Å². The average Bonchev–Trinajstić information content (AvgIpc) is 4.26. The number of carbonyl (C=O) groups excluding carboxylic acids is 11. The summed E-state index contributed by atoms with van der Waals surface area (Å²) in [5.74, 6) is -8.63. The number of aliphatic hydroxyl groups excluding tert-OH is 2. The summed E-state index contributed by atoms with van der Waals surface area (Å²) in [6.45, 7) is 4.47. The Morgan fingerprint density at radius 3 is 2.02 bits per heavy atom. The number of aliphatic hydroxyl groups is 2. The van der Waals surface area contributed by atoms with Gasteiger partial charge in [0, 0.05) is 37.1 Å². The highest BCUT2D eigenvalue weighted by Crippen LogP contribution is 2.31. The van der Waals surface area contributed by atoms with Crippen molar-refractivity contribution in [2.45, 2.75) is 138 Å². The number of aromatic nitrogens is 1. The van der Waals surface area contributed by atoms with E-state index in [0.717, 1.165) is 0 Å². The molecule has 2 heterocycles. The zero-order valence-electron chi connectivity index (χ0n) is 47.5. The molecule has 1 aromatic heterocycles. The van der Waals surface area contributed by atoms with Gasteiger partial charge in [-0.3, -0.25) is 52.7 Å². The van der Waals surface area contributed by atoms with Gasteiger partial charge in [0.15, 0.2) is 0 Å². The maximum atomic E-state index is 14.1. The number of hydrogen-bond donors (Lipinski definition) is 13. The fourth-order valence-corrected chi connectivity index (χ4v) is 11.1. The van der Waals surface area contributed by atoms with Gasteiger partial charge in [0.2, 0.25) is 65.0 Å². The molecule has 0 unspecified atom stereocenters. The van der Waals surface area contributed by atoms with Crippen molar-refractivity contribution in [3.8, 4) is 0 Å². The lowest BCUT2D eigenvalue weighted by molar-refractivity contribution is -0.141. The van der Waals surface area contributed by atoms with Gasteiger partial charge in [-0.15, -0.1) is 0 Å². The number of nitrogens with one attached hydrogen (secondary N) is 8. The molecule has 0 bridgehead atoms. The average molecular weight is 1220 g/mol. The third-order valence-electron chi connectivity index (χ3n) is 13.1. The van der Waals surface area contributed by atoms with Gasteiger partial charge in [-0.2, -0.15) is 11.8 Å². The number of carbonyl (C=O) groups is 11. The summed E-state index contributed by atoms with van der Waals surface area (Å²) in [5.41, 5.74) is 17.4. The molecule has 0 radical (unpaired) electrons. The van der Waals surface area contributed by atoms with Crippen LogP contribution in [-0.4, -0.2) is 202 Å². The van der Waals surface area contributed by atoms with Crippen molar-refractivity contribution in [3.05, 3.63) is 54.7 Å². The number of nitrogens with zero attached hydrogens (tertiary/aromatic N) is 3. The predicted molar refractivity (Wildman–Crippen MR) is 315 cm³/mol. The van der Waals surface area contributed by atoms with Gasteiger partial charge < -0.3 is 79.7 Å². The Bertz CT molecular complexity index is 2470. The number of amides is 11. The van der Waals surface area contributed by atoms with Crippen molar-refractivity contribution in [1.29, 1.82) is 0 Å². The van der Waals surface area contributed by atoms with Gasteiger partial charge in [0.05, 0.1) is 19.8 Å². The van der Waals surface area contributed by atoms with Crippen molar-refractivity contribution in [2.75, 3.05) is 62.5 Å². The topological polar surface area (TPSA) is 422 Å². The summed E-state index contributed by atoms with van der Waals surface area (Å²) in [4.78, 5) is 155. The maximum absolute atomic E-state index is 14.1. The van der Waals surface area contributed by atoms with Crippen LogP contribution in [0.15, 0.2) is 59.8 Å². The Balaban J connectivity index is 1.69. The van der Waals surface area contributed by atoms with Gasteiger partial charge in [-0.1, -0.05) is 48.9 Å². The lowest BCUT2D eigenvalue weighted by Gasteiger charge is -2.32. The van der Waals surface area contributed by atoms with Crippen LogP contribution in [0.1, 0.15) is 79.1 Å². The number of primary amides is 1. The van der Waals surface area contributed by atoms with E-state index in [-0.39, 0.29) is 44.5 Å². The van der Waals surface area contributed by atoms with Crippen LogP contribution in [0.5, 0.6) is 0 Å². The molecule has 16 N–H and O–H groups in total. The smallest absolute Gasteiger partial charge is 0.248 e. The zero-order chi connectivity index (χ0) is 61.6. The summed E-state index contributed by atoms with van der Waals surface area (Å²) in [7, 11) is 2.61. The second-order valence-electron chi connectivity index (χ2n) is 19.7. The van der Waals surface area contributed by atoms with Gasteiger partial charge in [0.1, 0.15) is 59.4 Å². The Labute approximate surface area is 495 Å². The molecular formula is C53H82N14O13S3. The highest BCUT2D eigenvalue weighted by Gasteiger charge is 2.39. The number of pyridine rings is 1. The van der Waals surface area contributed by atoms with Gasteiger partial charge in [-0.05, 0) is 118 Å². The van der Waals surface area contributed by atoms with Crippen LogP contribution in [-0.2, 0) is 52.7 Å².